The van der Waals surface area contributed by atoms with Crippen LogP contribution in [0.15, 0.2) is 23.6 Å². The van der Waals surface area contributed by atoms with Crippen LogP contribution in [0.5, 0.6) is 5.75 Å². The molecule has 1 unspecified atom stereocenters. The average Bonchev–Trinajstić information content (AvgIpc) is 2.96. The molecule has 22 heavy (non-hydrogen) atoms. The van der Waals surface area contributed by atoms with Crippen molar-refractivity contribution < 1.29 is 14.3 Å². The van der Waals surface area contributed by atoms with Crippen molar-refractivity contribution in [1.82, 2.24) is 4.98 Å². The van der Waals surface area contributed by atoms with Gasteiger partial charge in [-0.2, -0.15) is 0 Å². The Balaban J connectivity index is 1.86. The summed E-state index contributed by atoms with van der Waals surface area (Å²) in [5, 5.41) is 7.97. The van der Waals surface area contributed by atoms with E-state index in [9.17, 15) is 9.59 Å². The van der Waals surface area contributed by atoms with E-state index in [4.69, 9.17) is 4.74 Å². The van der Waals surface area contributed by atoms with Gasteiger partial charge in [0.25, 0.3) is 5.91 Å². The molecule has 0 fully saturated rings. The Morgan fingerprint density at radius 3 is 3.09 bits per heavy atom. The van der Waals surface area contributed by atoms with Crippen LogP contribution in [0.1, 0.15) is 20.3 Å². The van der Waals surface area contributed by atoms with Gasteiger partial charge < -0.3 is 15.4 Å². The van der Waals surface area contributed by atoms with Crippen LogP contribution in [-0.2, 0) is 9.59 Å². The van der Waals surface area contributed by atoms with Crippen LogP contribution < -0.4 is 15.4 Å². The van der Waals surface area contributed by atoms with Crippen LogP contribution in [0.2, 0.25) is 0 Å². The van der Waals surface area contributed by atoms with Gasteiger partial charge >= 0.3 is 0 Å². The Kier molecular flexibility index (Phi) is 3.81. The first kappa shape index (κ1) is 14.5. The molecule has 1 aliphatic rings. The molecule has 114 valence electrons. The minimum Gasteiger partial charge on any atom is -0.479 e. The molecule has 3 rings (SSSR count). The third-order valence-corrected chi connectivity index (χ3v) is 4.04. The second-order valence-electron chi connectivity index (χ2n) is 4.90. The number of hydrogen-bond donors (Lipinski definition) is 2. The molecule has 1 aliphatic heterocycles. The van der Waals surface area contributed by atoms with Crippen molar-refractivity contribution in [2.75, 3.05) is 10.6 Å². The molecule has 0 bridgehead atoms. The van der Waals surface area contributed by atoms with E-state index in [2.05, 4.69) is 15.6 Å². The second kappa shape index (κ2) is 5.76. The highest BCUT2D eigenvalue weighted by Crippen LogP contribution is 2.34. The molecule has 0 radical (unpaired) electrons. The van der Waals surface area contributed by atoms with Crippen molar-refractivity contribution in [2.45, 2.75) is 26.4 Å². The Morgan fingerprint density at radius 2 is 2.32 bits per heavy atom. The van der Waals surface area contributed by atoms with E-state index in [0.717, 1.165) is 11.3 Å². The minimum absolute atomic E-state index is 0.0685. The summed E-state index contributed by atoms with van der Waals surface area (Å²) in [5.41, 5.74) is 2.23. The zero-order chi connectivity index (χ0) is 15.7. The van der Waals surface area contributed by atoms with Crippen LogP contribution in [0.25, 0.3) is 11.3 Å². The maximum absolute atomic E-state index is 11.7. The predicted octanol–water partition coefficient (Wildman–Crippen LogP) is 2.88. The minimum atomic E-state index is -0.492. The Labute approximate surface area is 131 Å². The molecule has 7 heteroatoms. The molecular formula is C15H15N3O3S. The number of carbonyl (C=O) groups is 2. The Morgan fingerprint density at radius 1 is 1.50 bits per heavy atom. The molecule has 2 aromatic rings. The summed E-state index contributed by atoms with van der Waals surface area (Å²) in [4.78, 5) is 27.4. The summed E-state index contributed by atoms with van der Waals surface area (Å²) in [6, 6.07) is 5.51. The van der Waals surface area contributed by atoms with Gasteiger partial charge in [0.2, 0.25) is 5.91 Å². The van der Waals surface area contributed by atoms with Gasteiger partial charge in [-0.3, -0.25) is 9.59 Å². The fourth-order valence-corrected chi connectivity index (χ4v) is 2.78. The lowest BCUT2D eigenvalue weighted by Gasteiger charge is -2.23. The molecular weight excluding hydrogens is 302 g/mol. The standard InChI is InChI=1S/C15H15N3O3S/c1-3-13(19)18-15-17-11(7-22-15)9-4-5-12-10(6-9)16-14(20)8(2)21-12/h4-8H,3H2,1-2H3,(H,16,20)(H,17,18,19). The number of ether oxygens (including phenoxy) is 1. The van der Waals surface area contributed by atoms with Crippen molar-refractivity contribution in [3.05, 3.63) is 23.6 Å². The Hall–Kier alpha value is -2.41. The smallest absolute Gasteiger partial charge is 0.265 e. The number of aromatic nitrogens is 1. The SMILES string of the molecule is CCC(=O)Nc1nc(-c2ccc3c(c2)NC(=O)C(C)O3)cs1. The number of hydrogen-bond acceptors (Lipinski definition) is 5. The van der Waals surface area contributed by atoms with Gasteiger partial charge in [-0.05, 0) is 25.1 Å². The number of anilines is 2. The van der Waals surface area contributed by atoms with Crippen molar-refractivity contribution in [2.24, 2.45) is 0 Å². The molecule has 0 saturated heterocycles. The van der Waals surface area contributed by atoms with Gasteiger partial charge in [0.15, 0.2) is 11.2 Å². The van der Waals surface area contributed by atoms with Gasteiger partial charge in [0.05, 0.1) is 11.4 Å². The zero-order valence-electron chi connectivity index (χ0n) is 12.2. The highest BCUT2D eigenvalue weighted by atomic mass is 32.1. The number of fused-ring (bicyclic) bond motifs is 1. The molecule has 0 spiro atoms. The molecule has 0 aliphatic carbocycles. The quantitative estimate of drug-likeness (QED) is 0.912. The number of nitrogens with one attached hydrogen (secondary N) is 2. The normalized spacial score (nSPS) is 16.5. The van der Waals surface area contributed by atoms with Crippen LogP contribution in [0.3, 0.4) is 0 Å². The topological polar surface area (TPSA) is 80.3 Å². The maximum atomic E-state index is 11.7. The van der Waals surface area contributed by atoms with Gasteiger partial charge in [-0.25, -0.2) is 4.98 Å². The summed E-state index contributed by atoms with van der Waals surface area (Å²) in [6.07, 6.45) is -0.0801. The monoisotopic (exact) mass is 317 g/mol. The van der Waals surface area contributed by atoms with Crippen molar-refractivity contribution in [1.29, 1.82) is 0 Å². The lowest BCUT2D eigenvalue weighted by atomic mass is 10.1. The van der Waals surface area contributed by atoms with Crippen LogP contribution in [0, 0.1) is 0 Å². The van der Waals surface area contributed by atoms with E-state index in [1.165, 1.54) is 11.3 Å². The number of carbonyl (C=O) groups excluding carboxylic acids is 2. The Bertz CT molecular complexity index is 741. The van der Waals surface area contributed by atoms with Gasteiger partial charge in [-0.1, -0.05) is 6.92 Å². The van der Waals surface area contributed by atoms with Gasteiger partial charge in [0, 0.05) is 17.4 Å². The molecule has 2 N–H and O–H groups in total. The van der Waals surface area contributed by atoms with Crippen molar-refractivity contribution >= 4 is 34.0 Å². The average molecular weight is 317 g/mol. The molecule has 6 nitrogen and oxygen atoms in total. The number of nitrogens with zero attached hydrogens (tertiary/aromatic N) is 1. The third-order valence-electron chi connectivity index (χ3n) is 3.28. The van der Waals surface area contributed by atoms with E-state index in [1.54, 1.807) is 13.8 Å². The summed E-state index contributed by atoms with van der Waals surface area (Å²) in [5.74, 6) is 0.408. The fourth-order valence-electron chi connectivity index (χ4n) is 2.04. The van der Waals surface area contributed by atoms with Crippen LogP contribution in [0.4, 0.5) is 10.8 Å². The molecule has 2 heterocycles. The second-order valence-corrected chi connectivity index (χ2v) is 5.76. The molecule has 2 amide bonds. The lowest BCUT2D eigenvalue weighted by Crippen LogP contribution is -2.34. The first-order valence-electron chi connectivity index (χ1n) is 6.94. The van der Waals surface area contributed by atoms with E-state index < -0.39 is 6.10 Å². The molecule has 1 aromatic heterocycles. The number of rotatable bonds is 3. The highest BCUT2D eigenvalue weighted by molar-refractivity contribution is 7.14. The van der Waals surface area contributed by atoms with Crippen LogP contribution >= 0.6 is 11.3 Å². The van der Waals surface area contributed by atoms with Crippen molar-refractivity contribution in [3.8, 4) is 17.0 Å². The predicted molar refractivity (Wildman–Crippen MR) is 85.2 cm³/mol. The third kappa shape index (κ3) is 2.80. The molecule has 0 saturated carbocycles. The van der Waals surface area contributed by atoms with Crippen molar-refractivity contribution in [3.63, 3.8) is 0 Å². The number of amides is 2. The first-order chi connectivity index (χ1) is 10.6. The lowest BCUT2D eigenvalue weighted by molar-refractivity contribution is -0.122. The van der Waals surface area contributed by atoms with Gasteiger partial charge in [-0.15, -0.1) is 11.3 Å². The summed E-state index contributed by atoms with van der Waals surface area (Å²) in [7, 11) is 0. The number of benzene rings is 1. The number of thiazole rings is 1. The fraction of sp³-hybridized carbons (Fsp3) is 0.267. The summed E-state index contributed by atoms with van der Waals surface area (Å²) >= 11 is 1.36. The summed E-state index contributed by atoms with van der Waals surface area (Å²) < 4.78 is 5.52. The first-order valence-corrected chi connectivity index (χ1v) is 7.82. The van der Waals surface area contributed by atoms with E-state index in [0.29, 0.717) is 23.0 Å². The zero-order valence-corrected chi connectivity index (χ0v) is 13.0. The molecule has 1 aromatic carbocycles. The maximum Gasteiger partial charge on any atom is 0.265 e. The van der Waals surface area contributed by atoms with Gasteiger partial charge in [0.1, 0.15) is 5.75 Å². The van der Waals surface area contributed by atoms with E-state index in [-0.39, 0.29) is 11.8 Å². The summed E-state index contributed by atoms with van der Waals surface area (Å²) in [6.45, 7) is 3.49. The van der Waals surface area contributed by atoms with E-state index >= 15 is 0 Å². The molecule has 1 atom stereocenters. The van der Waals surface area contributed by atoms with Crippen LogP contribution in [-0.4, -0.2) is 22.9 Å². The highest BCUT2D eigenvalue weighted by Gasteiger charge is 2.23. The van der Waals surface area contributed by atoms with E-state index in [1.807, 2.05) is 23.6 Å². The largest absolute Gasteiger partial charge is 0.479 e.